The second kappa shape index (κ2) is 7.64. The third-order valence-electron chi connectivity index (χ3n) is 3.98. The highest BCUT2D eigenvalue weighted by atomic mass is 35.5. The molecule has 1 aliphatic heterocycles. The van der Waals surface area contributed by atoms with Crippen LogP contribution in [0.1, 0.15) is 31.9 Å². The van der Waals surface area contributed by atoms with Crippen LogP contribution < -0.4 is 10.6 Å². The molecule has 2 atom stereocenters. The molecular formula is C16H23ClN2O3S. The van der Waals surface area contributed by atoms with E-state index in [2.05, 4.69) is 24.5 Å². The lowest BCUT2D eigenvalue weighted by Crippen LogP contribution is -2.42. The number of carbonyl (C=O) groups excluding carboxylic acids is 1. The summed E-state index contributed by atoms with van der Waals surface area (Å²) in [6, 6.07) is 7.32. The molecule has 1 saturated heterocycles. The van der Waals surface area contributed by atoms with Crippen LogP contribution in [0.25, 0.3) is 0 Å². The van der Waals surface area contributed by atoms with Crippen molar-refractivity contribution < 1.29 is 13.2 Å². The van der Waals surface area contributed by atoms with E-state index in [-0.39, 0.29) is 36.0 Å². The number of carbonyl (C=O) groups is 1. The Hall–Kier alpha value is -1.11. The molecule has 2 rings (SSSR count). The number of sulfone groups is 1. The first-order chi connectivity index (χ1) is 10.8. The van der Waals surface area contributed by atoms with Gasteiger partial charge in [-0.15, -0.1) is 0 Å². The van der Waals surface area contributed by atoms with Crippen molar-refractivity contribution >= 4 is 27.3 Å². The Morgan fingerprint density at radius 1 is 1.30 bits per heavy atom. The topological polar surface area (TPSA) is 75.3 Å². The first-order valence-corrected chi connectivity index (χ1v) is 9.95. The van der Waals surface area contributed by atoms with Crippen molar-refractivity contribution in [2.45, 2.75) is 32.4 Å². The van der Waals surface area contributed by atoms with Crippen molar-refractivity contribution in [3.63, 3.8) is 0 Å². The first kappa shape index (κ1) is 18.2. The lowest BCUT2D eigenvalue weighted by Gasteiger charge is -2.23. The summed E-state index contributed by atoms with van der Waals surface area (Å²) in [5, 5.41) is 6.71. The fourth-order valence-corrected chi connectivity index (χ4v) is 4.60. The third kappa shape index (κ3) is 5.48. The fourth-order valence-electron chi connectivity index (χ4n) is 2.80. The molecule has 1 fully saturated rings. The van der Waals surface area contributed by atoms with E-state index in [1.165, 1.54) is 0 Å². The monoisotopic (exact) mass is 358 g/mol. The minimum atomic E-state index is -2.98. The molecule has 1 heterocycles. The van der Waals surface area contributed by atoms with Gasteiger partial charge in [0.1, 0.15) is 0 Å². The molecule has 1 aliphatic rings. The lowest BCUT2D eigenvalue weighted by molar-refractivity contribution is -0.121. The molecule has 0 bridgehead atoms. The zero-order valence-corrected chi connectivity index (χ0v) is 15.0. The van der Waals surface area contributed by atoms with Crippen molar-refractivity contribution in [1.29, 1.82) is 0 Å². The van der Waals surface area contributed by atoms with Gasteiger partial charge in [-0.1, -0.05) is 37.6 Å². The summed E-state index contributed by atoms with van der Waals surface area (Å²) in [6.07, 6.45) is 0.499. The van der Waals surface area contributed by atoms with E-state index in [1.807, 2.05) is 24.3 Å². The van der Waals surface area contributed by atoms with Crippen molar-refractivity contribution in [3.05, 3.63) is 34.9 Å². The van der Waals surface area contributed by atoms with E-state index < -0.39 is 9.84 Å². The van der Waals surface area contributed by atoms with Crippen LogP contribution in [0.15, 0.2) is 24.3 Å². The van der Waals surface area contributed by atoms with Crippen LogP contribution in [0.2, 0.25) is 5.02 Å². The third-order valence-corrected chi connectivity index (χ3v) is 6.00. The van der Waals surface area contributed by atoms with Crippen LogP contribution in [-0.4, -0.2) is 38.4 Å². The first-order valence-electron chi connectivity index (χ1n) is 7.75. The van der Waals surface area contributed by atoms with Gasteiger partial charge >= 0.3 is 0 Å². The van der Waals surface area contributed by atoms with Crippen molar-refractivity contribution in [3.8, 4) is 0 Å². The quantitative estimate of drug-likeness (QED) is 0.814. The Balaban J connectivity index is 1.89. The largest absolute Gasteiger partial charge is 0.351 e. The lowest BCUT2D eigenvalue weighted by atomic mass is 9.96. The maximum absolute atomic E-state index is 12.0. The summed E-state index contributed by atoms with van der Waals surface area (Å²) in [7, 11) is -2.98. The molecule has 23 heavy (non-hydrogen) atoms. The number of hydrogen-bond acceptors (Lipinski definition) is 4. The molecule has 0 aromatic heterocycles. The minimum absolute atomic E-state index is 0.0327. The summed E-state index contributed by atoms with van der Waals surface area (Å²) in [4.78, 5) is 12.0. The number of benzene rings is 1. The maximum Gasteiger partial charge on any atom is 0.234 e. The van der Waals surface area contributed by atoms with Crippen LogP contribution in [0.5, 0.6) is 0 Å². The van der Waals surface area contributed by atoms with Gasteiger partial charge in [-0.2, -0.15) is 0 Å². The van der Waals surface area contributed by atoms with Gasteiger partial charge in [0.15, 0.2) is 9.84 Å². The van der Waals surface area contributed by atoms with Crippen LogP contribution in [-0.2, 0) is 14.6 Å². The van der Waals surface area contributed by atoms with Crippen molar-refractivity contribution in [1.82, 2.24) is 10.6 Å². The van der Waals surface area contributed by atoms with Crippen LogP contribution in [0.4, 0.5) is 0 Å². The number of amides is 1. The van der Waals surface area contributed by atoms with Gasteiger partial charge in [0, 0.05) is 17.1 Å². The number of halogens is 1. The van der Waals surface area contributed by atoms with E-state index in [9.17, 15) is 13.2 Å². The van der Waals surface area contributed by atoms with Crippen LogP contribution in [0.3, 0.4) is 0 Å². The maximum atomic E-state index is 12.0. The number of rotatable bonds is 6. The normalized spacial score (nSPS) is 21.3. The van der Waals surface area contributed by atoms with Gasteiger partial charge < -0.3 is 10.6 Å². The number of nitrogens with one attached hydrogen (secondary N) is 2. The SMILES string of the molecule is CC(C)C(NCC(=O)NC1CCS(=O)(=O)C1)c1ccc(Cl)cc1. The van der Waals surface area contributed by atoms with Gasteiger partial charge in [0.2, 0.25) is 5.91 Å². The second-order valence-corrected chi connectivity index (χ2v) is 8.99. The van der Waals surface area contributed by atoms with Gasteiger partial charge in [-0.25, -0.2) is 8.42 Å². The van der Waals surface area contributed by atoms with Crippen LogP contribution >= 0.6 is 11.6 Å². The molecule has 0 aliphatic carbocycles. The van der Waals surface area contributed by atoms with Crippen molar-refractivity contribution in [2.24, 2.45) is 5.92 Å². The highest BCUT2D eigenvalue weighted by Crippen LogP contribution is 2.23. The highest BCUT2D eigenvalue weighted by Gasteiger charge is 2.29. The Labute approximate surface area is 142 Å². The van der Waals surface area contributed by atoms with E-state index in [0.717, 1.165) is 5.56 Å². The molecule has 1 aromatic carbocycles. The summed E-state index contributed by atoms with van der Waals surface area (Å²) >= 11 is 5.91. The molecule has 2 unspecified atom stereocenters. The summed E-state index contributed by atoms with van der Waals surface area (Å²) in [5.74, 6) is 0.330. The predicted molar refractivity (Wildman–Crippen MR) is 92.2 cm³/mol. The Morgan fingerprint density at radius 3 is 2.48 bits per heavy atom. The Kier molecular flexibility index (Phi) is 6.06. The second-order valence-electron chi connectivity index (χ2n) is 6.32. The Morgan fingerprint density at radius 2 is 1.96 bits per heavy atom. The smallest absolute Gasteiger partial charge is 0.234 e. The highest BCUT2D eigenvalue weighted by molar-refractivity contribution is 7.91. The molecule has 2 N–H and O–H groups in total. The average molecular weight is 359 g/mol. The number of hydrogen-bond donors (Lipinski definition) is 2. The minimum Gasteiger partial charge on any atom is -0.351 e. The molecule has 0 saturated carbocycles. The van der Waals surface area contributed by atoms with Gasteiger partial charge in [0.05, 0.1) is 18.1 Å². The standard InChI is InChI=1S/C16H23ClN2O3S/c1-11(2)16(12-3-5-13(17)6-4-12)18-9-15(20)19-14-7-8-23(21,22)10-14/h3-6,11,14,16,18H,7-10H2,1-2H3,(H,19,20). The molecule has 5 nitrogen and oxygen atoms in total. The molecule has 0 spiro atoms. The molecule has 7 heteroatoms. The Bertz CT molecular complexity index is 644. The van der Waals surface area contributed by atoms with Gasteiger partial charge in [0.25, 0.3) is 0 Å². The summed E-state index contributed by atoms with van der Waals surface area (Å²) in [6.45, 7) is 4.31. The van der Waals surface area contributed by atoms with Crippen LogP contribution in [0, 0.1) is 5.92 Å². The van der Waals surface area contributed by atoms with Crippen molar-refractivity contribution in [2.75, 3.05) is 18.1 Å². The van der Waals surface area contributed by atoms with Gasteiger partial charge in [-0.3, -0.25) is 4.79 Å². The van der Waals surface area contributed by atoms with E-state index in [1.54, 1.807) is 0 Å². The zero-order chi connectivity index (χ0) is 17.0. The average Bonchev–Trinajstić information content (AvgIpc) is 2.79. The van der Waals surface area contributed by atoms with E-state index >= 15 is 0 Å². The zero-order valence-electron chi connectivity index (χ0n) is 13.4. The molecule has 1 amide bonds. The molecular weight excluding hydrogens is 336 g/mol. The summed E-state index contributed by atoms with van der Waals surface area (Å²) < 4.78 is 22.8. The van der Waals surface area contributed by atoms with Gasteiger partial charge in [-0.05, 0) is 30.0 Å². The molecule has 128 valence electrons. The van der Waals surface area contributed by atoms with E-state index in [4.69, 9.17) is 11.6 Å². The van der Waals surface area contributed by atoms with E-state index in [0.29, 0.717) is 17.4 Å². The fraction of sp³-hybridized carbons (Fsp3) is 0.562. The predicted octanol–water partition coefficient (Wildman–Crippen LogP) is 1.93. The molecule has 0 radical (unpaired) electrons. The summed E-state index contributed by atoms with van der Waals surface area (Å²) in [5.41, 5.74) is 1.07. The molecule has 1 aromatic rings.